The Morgan fingerprint density at radius 3 is 3.07 bits per heavy atom. The minimum Gasteiger partial charge on any atom is -0.374 e. The largest absolute Gasteiger partial charge is 0.374 e. The number of rotatable bonds is 3. The van der Waals surface area contributed by atoms with Crippen LogP contribution in [0.2, 0.25) is 0 Å². The van der Waals surface area contributed by atoms with Crippen molar-refractivity contribution in [3.05, 3.63) is 24.3 Å². The number of hydrogen-bond donors (Lipinski definition) is 0. The molecular formula is C14H22O. The normalized spacial score (nSPS) is 39.7. The first-order valence-corrected chi connectivity index (χ1v) is 6.11. The van der Waals surface area contributed by atoms with Gasteiger partial charge in [-0.2, -0.15) is 0 Å². The molecule has 0 aromatic rings. The van der Waals surface area contributed by atoms with Crippen molar-refractivity contribution < 1.29 is 4.74 Å². The van der Waals surface area contributed by atoms with Crippen molar-refractivity contribution in [3.63, 3.8) is 0 Å². The molecule has 0 spiro atoms. The lowest BCUT2D eigenvalue weighted by Crippen LogP contribution is -2.38. The zero-order valence-electron chi connectivity index (χ0n) is 9.91. The number of ether oxygens (including phenoxy) is 1. The van der Waals surface area contributed by atoms with Gasteiger partial charge >= 0.3 is 0 Å². The van der Waals surface area contributed by atoms with Gasteiger partial charge in [0, 0.05) is 5.92 Å². The maximum Gasteiger partial charge on any atom is 0.0648 e. The first-order valence-electron chi connectivity index (χ1n) is 6.11. The topological polar surface area (TPSA) is 9.23 Å². The fourth-order valence-corrected chi connectivity index (χ4v) is 3.11. The minimum absolute atomic E-state index is 0.436. The molecule has 2 aliphatic carbocycles. The molecule has 1 nitrogen and oxygen atoms in total. The Morgan fingerprint density at radius 2 is 2.33 bits per heavy atom. The van der Waals surface area contributed by atoms with Gasteiger partial charge in [-0.3, -0.25) is 0 Å². The molecule has 2 rings (SSSR count). The smallest absolute Gasteiger partial charge is 0.0648 e. The molecule has 0 amide bonds. The third-order valence-corrected chi connectivity index (χ3v) is 4.17. The molecule has 15 heavy (non-hydrogen) atoms. The number of hydrogen-bond acceptors (Lipinski definition) is 1. The van der Waals surface area contributed by atoms with Crippen molar-refractivity contribution >= 4 is 0 Å². The highest BCUT2D eigenvalue weighted by Crippen LogP contribution is 2.44. The van der Waals surface area contributed by atoms with Gasteiger partial charge in [0.1, 0.15) is 0 Å². The maximum atomic E-state index is 5.90. The number of fused-ring (bicyclic) bond motifs is 2. The van der Waals surface area contributed by atoms with Crippen LogP contribution in [0, 0.1) is 17.8 Å². The molecule has 0 heterocycles. The molecule has 1 saturated carbocycles. The van der Waals surface area contributed by atoms with E-state index in [0.717, 1.165) is 11.8 Å². The van der Waals surface area contributed by atoms with Gasteiger partial charge < -0.3 is 4.74 Å². The Balaban J connectivity index is 2.07. The lowest BCUT2D eigenvalue weighted by atomic mass is 9.66. The monoisotopic (exact) mass is 206 g/mol. The Hall–Kier alpha value is -0.560. The van der Waals surface area contributed by atoms with Crippen LogP contribution in [0.5, 0.6) is 0 Å². The summed E-state index contributed by atoms with van der Waals surface area (Å²) in [6, 6.07) is 0. The second-order valence-corrected chi connectivity index (χ2v) is 5.16. The van der Waals surface area contributed by atoms with E-state index in [0.29, 0.717) is 18.6 Å². The van der Waals surface area contributed by atoms with E-state index in [-0.39, 0.29) is 0 Å². The van der Waals surface area contributed by atoms with E-state index in [1.165, 1.54) is 19.3 Å². The fourth-order valence-electron chi connectivity index (χ4n) is 3.11. The molecule has 4 atom stereocenters. The van der Waals surface area contributed by atoms with Gasteiger partial charge in [0.2, 0.25) is 0 Å². The molecule has 84 valence electrons. The maximum absolute atomic E-state index is 5.90. The lowest BCUT2D eigenvalue weighted by molar-refractivity contribution is -0.0207. The van der Waals surface area contributed by atoms with E-state index < -0.39 is 0 Å². The molecular weight excluding hydrogens is 184 g/mol. The summed E-state index contributed by atoms with van der Waals surface area (Å²) in [4.78, 5) is 0. The van der Waals surface area contributed by atoms with Gasteiger partial charge in [-0.05, 0) is 38.0 Å². The molecule has 0 aromatic carbocycles. The molecule has 2 aliphatic rings. The van der Waals surface area contributed by atoms with Crippen LogP contribution >= 0.6 is 0 Å². The lowest BCUT2D eigenvalue weighted by Gasteiger charge is -2.43. The highest BCUT2D eigenvalue weighted by molar-refractivity contribution is 5.13. The Labute approximate surface area is 93.2 Å². The molecule has 0 radical (unpaired) electrons. The second kappa shape index (κ2) is 4.52. The second-order valence-electron chi connectivity index (χ2n) is 5.16. The van der Waals surface area contributed by atoms with Gasteiger partial charge in [-0.15, -0.1) is 6.58 Å². The van der Waals surface area contributed by atoms with Gasteiger partial charge in [0.15, 0.2) is 0 Å². The van der Waals surface area contributed by atoms with Crippen LogP contribution in [-0.4, -0.2) is 12.7 Å². The van der Waals surface area contributed by atoms with Crippen LogP contribution in [0.15, 0.2) is 24.3 Å². The predicted octanol–water partition coefficient (Wildman–Crippen LogP) is 3.57. The molecule has 4 unspecified atom stereocenters. The van der Waals surface area contributed by atoms with E-state index in [2.05, 4.69) is 26.5 Å². The predicted molar refractivity (Wildman–Crippen MR) is 63.7 cm³/mol. The summed E-state index contributed by atoms with van der Waals surface area (Å²) in [7, 11) is 0. The summed E-state index contributed by atoms with van der Waals surface area (Å²) in [5, 5.41) is 0. The number of allylic oxidation sites excluding steroid dienone is 1. The summed E-state index contributed by atoms with van der Waals surface area (Å²) in [5.41, 5.74) is 1.55. The van der Waals surface area contributed by atoms with Gasteiger partial charge in [-0.25, -0.2) is 0 Å². The van der Waals surface area contributed by atoms with Gasteiger partial charge in [0.05, 0.1) is 12.7 Å². The molecule has 0 N–H and O–H groups in total. The Morgan fingerprint density at radius 1 is 1.53 bits per heavy atom. The van der Waals surface area contributed by atoms with Crippen LogP contribution in [0.3, 0.4) is 0 Å². The van der Waals surface area contributed by atoms with Crippen molar-refractivity contribution in [2.24, 2.45) is 17.8 Å². The quantitative estimate of drug-likeness (QED) is 0.641. The Bertz CT molecular complexity index is 267. The standard InChI is InChI=1S/C14H22O/c1-4-7-15-14-8-11(3)12-6-5-10(2)13(14)9-12/h4-5,11-14H,1,6-9H2,2-3H3. The van der Waals surface area contributed by atoms with Crippen molar-refractivity contribution in [2.45, 2.75) is 39.2 Å². The van der Waals surface area contributed by atoms with E-state index in [1.54, 1.807) is 5.57 Å². The SMILES string of the molecule is C=CCOC1CC(C)C2CC=C(C)C1C2. The van der Waals surface area contributed by atoms with Gasteiger partial charge in [0.25, 0.3) is 0 Å². The van der Waals surface area contributed by atoms with Gasteiger partial charge in [-0.1, -0.05) is 24.6 Å². The van der Waals surface area contributed by atoms with Crippen LogP contribution in [0.4, 0.5) is 0 Å². The third-order valence-electron chi connectivity index (χ3n) is 4.17. The van der Waals surface area contributed by atoms with E-state index >= 15 is 0 Å². The molecule has 0 aromatic heterocycles. The summed E-state index contributed by atoms with van der Waals surface area (Å²) in [5.74, 6) is 2.41. The first-order chi connectivity index (χ1) is 7.22. The van der Waals surface area contributed by atoms with Crippen molar-refractivity contribution in [3.8, 4) is 0 Å². The van der Waals surface area contributed by atoms with E-state index in [4.69, 9.17) is 4.74 Å². The van der Waals surface area contributed by atoms with Crippen LogP contribution < -0.4 is 0 Å². The zero-order chi connectivity index (χ0) is 10.8. The molecule has 0 aliphatic heterocycles. The zero-order valence-corrected chi connectivity index (χ0v) is 9.91. The summed E-state index contributed by atoms with van der Waals surface area (Å²) < 4.78 is 5.90. The van der Waals surface area contributed by atoms with Crippen LogP contribution in [-0.2, 0) is 4.74 Å². The summed E-state index contributed by atoms with van der Waals surface area (Å²) in [6.07, 6.45) is 8.58. The van der Waals surface area contributed by atoms with Crippen LogP contribution in [0.25, 0.3) is 0 Å². The first kappa shape index (κ1) is 10.9. The highest BCUT2D eigenvalue weighted by atomic mass is 16.5. The van der Waals surface area contributed by atoms with Crippen molar-refractivity contribution in [2.75, 3.05) is 6.61 Å². The van der Waals surface area contributed by atoms with Crippen LogP contribution in [0.1, 0.15) is 33.1 Å². The molecule has 0 saturated heterocycles. The summed E-state index contributed by atoms with van der Waals surface area (Å²) in [6.45, 7) is 9.06. The third kappa shape index (κ3) is 2.17. The highest BCUT2D eigenvalue weighted by Gasteiger charge is 2.37. The molecule has 1 heteroatoms. The molecule has 1 fully saturated rings. The fraction of sp³-hybridized carbons (Fsp3) is 0.714. The average Bonchev–Trinajstić information content (AvgIpc) is 2.24. The van der Waals surface area contributed by atoms with E-state index in [9.17, 15) is 0 Å². The van der Waals surface area contributed by atoms with Crippen molar-refractivity contribution in [1.29, 1.82) is 0 Å². The summed E-state index contributed by atoms with van der Waals surface area (Å²) >= 11 is 0. The van der Waals surface area contributed by atoms with Crippen molar-refractivity contribution in [1.82, 2.24) is 0 Å². The minimum atomic E-state index is 0.436. The molecule has 2 bridgehead atoms. The van der Waals surface area contributed by atoms with E-state index in [1.807, 2.05) is 6.08 Å². The Kier molecular flexibility index (Phi) is 3.30. The average molecular weight is 206 g/mol.